The second-order valence-corrected chi connectivity index (χ2v) is 2.44. The van der Waals surface area contributed by atoms with Crippen LogP contribution in [-0.4, -0.2) is 16.2 Å². The molecule has 0 atom stereocenters. The van der Waals surface area contributed by atoms with E-state index in [1.54, 1.807) is 16.8 Å². The van der Waals surface area contributed by atoms with Crippen molar-refractivity contribution in [1.82, 2.24) is 0 Å². The number of hydrogen-bond donors (Lipinski definition) is 2. The third-order valence-corrected chi connectivity index (χ3v) is 1.43. The number of pyridine rings is 1. The van der Waals surface area contributed by atoms with Gasteiger partial charge in [0.15, 0.2) is 18.5 Å². The maximum Gasteiger partial charge on any atom is 0.309 e. The Kier molecular flexibility index (Phi) is 2.63. The van der Waals surface area contributed by atoms with Crippen LogP contribution in [0.3, 0.4) is 0 Å². The Hall–Kier alpha value is -1.58. The van der Waals surface area contributed by atoms with E-state index < -0.39 is 5.97 Å². The van der Waals surface area contributed by atoms with Crippen LogP contribution < -0.4 is 4.57 Å². The summed E-state index contributed by atoms with van der Waals surface area (Å²) >= 11 is 0. The molecule has 0 saturated carbocycles. The number of aromatic nitrogens is 1. The Bertz CT molecular complexity index is 285. The summed E-state index contributed by atoms with van der Waals surface area (Å²) in [6.45, 7) is 0.379. The van der Waals surface area contributed by atoms with E-state index in [4.69, 9.17) is 10.2 Å². The molecule has 4 heteroatoms. The molecule has 0 aliphatic carbocycles. The molecule has 64 valence electrons. The molecule has 0 aliphatic heterocycles. The Morgan fingerprint density at radius 2 is 2.33 bits per heavy atom. The number of rotatable bonds is 3. The Morgan fingerprint density at radius 1 is 1.58 bits per heavy atom. The molecule has 0 aliphatic rings. The zero-order chi connectivity index (χ0) is 8.97. The molecule has 0 bridgehead atoms. The monoisotopic (exact) mass is 168 g/mol. The summed E-state index contributed by atoms with van der Waals surface area (Å²) in [7, 11) is 0. The maximum absolute atomic E-state index is 10.2. The minimum absolute atomic E-state index is 0.0636. The first-order valence-electron chi connectivity index (χ1n) is 3.58. The summed E-state index contributed by atoms with van der Waals surface area (Å²) in [6, 6.07) is 3.20. The molecule has 0 aromatic carbocycles. The van der Waals surface area contributed by atoms with Gasteiger partial charge < -0.3 is 10.2 Å². The number of aryl methyl sites for hydroxylation is 1. The fraction of sp³-hybridized carbons (Fsp3) is 0.250. The average Bonchev–Trinajstić information content (AvgIpc) is 2.01. The second-order valence-electron chi connectivity index (χ2n) is 2.44. The van der Waals surface area contributed by atoms with Gasteiger partial charge in [0, 0.05) is 6.07 Å². The third kappa shape index (κ3) is 2.57. The molecule has 2 N–H and O–H groups in total. The topological polar surface area (TPSA) is 61.4 Å². The average molecular weight is 168 g/mol. The molecular formula is C8H10NO3+. The highest BCUT2D eigenvalue weighted by molar-refractivity contribution is 5.66. The van der Waals surface area contributed by atoms with Crippen LogP contribution in [0.1, 0.15) is 6.42 Å². The number of nitrogens with zero attached hydrogens (tertiary/aromatic N) is 1. The lowest BCUT2D eigenvalue weighted by molar-refractivity contribution is -0.696. The van der Waals surface area contributed by atoms with Crippen molar-refractivity contribution < 1.29 is 19.6 Å². The van der Waals surface area contributed by atoms with Gasteiger partial charge in [-0.05, 0) is 6.07 Å². The molecule has 1 heterocycles. The summed E-state index contributed by atoms with van der Waals surface area (Å²) in [4.78, 5) is 10.2. The van der Waals surface area contributed by atoms with E-state index in [0.29, 0.717) is 6.54 Å². The van der Waals surface area contributed by atoms with E-state index in [9.17, 15) is 4.79 Å². The minimum Gasteiger partial charge on any atom is -0.503 e. The summed E-state index contributed by atoms with van der Waals surface area (Å²) in [6.07, 6.45) is 3.26. The lowest BCUT2D eigenvalue weighted by Crippen LogP contribution is -2.33. The zero-order valence-electron chi connectivity index (χ0n) is 6.47. The number of hydrogen-bond acceptors (Lipinski definition) is 2. The molecule has 12 heavy (non-hydrogen) atoms. The SMILES string of the molecule is O=C(O)CC[n+]1cccc(O)c1. The Balaban J connectivity index is 2.57. The first-order valence-corrected chi connectivity index (χ1v) is 3.58. The molecule has 0 spiro atoms. The highest BCUT2D eigenvalue weighted by Crippen LogP contribution is 2.00. The van der Waals surface area contributed by atoms with Crippen molar-refractivity contribution in [2.75, 3.05) is 0 Å². The van der Waals surface area contributed by atoms with Gasteiger partial charge in [-0.15, -0.1) is 0 Å². The first-order chi connectivity index (χ1) is 5.68. The standard InChI is InChI=1S/C8H9NO3/c10-7-2-1-4-9(6-7)5-3-8(11)12/h1-2,4,6H,3,5H2,(H-,10,11,12)/p+1. The largest absolute Gasteiger partial charge is 0.503 e. The van der Waals surface area contributed by atoms with Crippen LogP contribution >= 0.6 is 0 Å². The summed E-state index contributed by atoms with van der Waals surface area (Å²) in [5.74, 6) is -0.700. The van der Waals surface area contributed by atoms with Gasteiger partial charge in [-0.1, -0.05) is 0 Å². The summed E-state index contributed by atoms with van der Waals surface area (Å²) in [5, 5.41) is 17.4. The van der Waals surface area contributed by atoms with Crippen LogP contribution in [0.4, 0.5) is 0 Å². The number of aliphatic carboxylic acids is 1. The molecular weight excluding hydrogens is 158 g/mol. The molecule has 0 saturated heterocycles. The quantitative estimate of drug-likeness (QED) is 0.632. The molecule has 0 radical (unpaired) electrons. The number of carboxylic acids is 1. The number of carboxylic acid groups (broad SMARTS) is 1. The smallest absolute Gasteiger partial charge is 0.309 e. The normalized spacial score (nSPS) is 9.67. The van der Waals surface area contributed by atoms with Crippen LogP contribution in [-0.2, 0) is 11.3 Å². The molecule has 0 amide bonds. The molecule has 1 rings (SSSR count). The zero-order valence-corrected chi connectivity index (χ0v) is 6.47. The van der Waals surface area contributed by atoms with Crippen LogP contribution in [0.5, 0.6) is 5.75 Å². The van der Waals surface area contributed by atoms with Crippen LogP contribution in [0, 0.1) is 0 Å². The van der Waals surface area contributed by atoms with Crippen LogP contribution in [0.25, 0.3) is 0 Å². The van der Waals surface area contributed by atoms with Gasteiger partial charge in [0.2, 0.25) is 6.20 Å². The molecule has 1 aromatic heterocycles. The predicted octanol–water partition coefficient (Wildman–Crippen LogP) is 0.154. The van der Waals surface area contributed by atoms with E-state index in [-0.39, 0.29) is 12.2 Å². The van der Waals surface area contributed by atoms with Crippen molar-refractivity contribution in [2.24, 2.45) is 0 Å². The molecule has 1 aromatic rings. The summed E-state index contributed by atoms with van der Waals surface area (Å²) in [5.41, 5.74) is 0. The van der Waals surface area contributed by atoms with Crippen molar-refractivity contribution in [2.45, 2.75) is 13.0 Å². The number of aromatic hydroxyl groups is 1. The van der Waals surface area contributed by atoms with Crippen LogP contribution in [0.15, 0.2) is 24.5 Å². The van der Waals surface area contributed by atoms with Crippen molar-refractivity contribution in [3.05, 3.63) is 24.5 Å². The molecule has 0 fully saturated rings. The maximum atomic E-state index is 10.2. The van der Waals surface area contributed by atoms with Crippen LogP contribution in [0.2, 0.25) is 0 Å². The van der Waals surface area contributed by atoms with E-state index in [1.807, 2.05) is 0 Å². The second kappa shape index (κ2) is 3.71. The van der Waals surface area contributed by atoms with Crippen molar-refractivity contribution in [1.29, 1.82) is 0 Å². The minimum atomic E-state index is -0.842. The van der Waals surface area contributed by atoms with Crippen molar-refractivity contribution in [3.8, 4) is 5.75 Å². The number of carbonyl (C=O) groups is 1. The Labute approximate surface area is 69.7 Å². The van der Waals surface area contributed by atoms with Gasteiger partial charge in [-0.3, -0.25) is 4.79 Å². The van der Waals surface area contributed by atoms with Gasteiger partial charge in [-0.2, -0.15) is 0 Å². The fourth-order valence-electron chi connectivity index (χ4n) is 0.872. The summed E-state index contributed by atoms with van der Waals surface area (Å²) < 4.78 is 1.63. The van der Waals surface area contributed by atoms with Crippen molar-refractivity contribution >= 4 is 5.97 Å². The van der Waals surface area contributed by atoms with E-state index in [2.05, 4.69) is 0 Å². The highest BCUT2D eigenvalue weighted by Gasteiger charge is 2.04. The van der Waals surface area contributed by atoms with E-state index in [0.717, 1.165) is 0 Å². The lowest BCUT2D eigenvalue weighted by Gasteiger charge is -1.93. The first kappa shape index (κ1) is 8.52. The third-order valence-electron chi connectivity index (χ3n) is 1.43. The fourth-order valence-corrected chi connectivity index (χ4v) is 0.872. The van der Waals surface area contributed by atoms with Gasteiger partial charge in [0.25, 0.3) is 0 Å². The van der Waals surface area contributed by atoms with Gasteiger partial charge in [0.1, 0.15) is 6.42 Å². The molecule has 4 nitrogen and oxygen atoms in total. The van der Waals surface area contributed by atoms with E-state index in [1.165, 1.54) is 12.3 Å². The van der Waals surface area contributed by atoms with Crippen molar-refractivity contribution in [3.63, 3.8) is 0 Å². The molecule has 0 unspecified atom stereocenters. The highest BCUT2D eigenvalue weighted by atomic mass is 16.4. The lowest BCUT2D eigenvalue weighted by atomic mass is 10.4. The van der Waals surface area contributed by atoms with E-state index >= 15 is 0 Å². The Morgan fingerprint density at radius 3 is 2.92 bits per heavy atom. The van der Waals surface area contributed by atoms with Gasteiger partial charge >= 0.3 is 5.97 Å². The predicted molar refractivity (Wildman–Crippen MR) is 40.6 cm³/mol. The van der Waals surface area contributed by atoms with Gasteiger partial charge in [0.05, 0.1) is 0 Å². The van der Waals surface area contributed by atoms with Gasteiger partial charge in [-0.25, -0.2) is 4.57 Å².